The van der Waals surface area contributed by atoms with Crippen LogP contribution in [0.5, 0.6) is 0 Å². The van der Waals surface area contributed by atoms with E-state index in [9.17, 15) is 0 Å². The summed E-state index contributed by atoms with van der Waals surface area (Å²) in [6, 6.07) is 0. The predicted molar refractivity (Wildman–Crippen MR) is 47.8 cm³/mol. The zero-order valence-corrected chi connectivity index (χ0v) is 5.33. The highest BCUT2D eigenvalue weighted by molar-refractivity contribution is 4.86. The lowest BCUT2D eigenvalue weighted by Gasteiger charge is -1.91. The van der Waals surface area contributed by atoms with Crippen LogP contribution in [0.3, 0.4) is 0 Å². The van der Waals surface area contributed by atoms with Gasteiger partial charge in [-0.2, -0.15) is 0 Å². The second-order valence-electron chi connectivity index (χ2n) is 2.06. The van der Waals surface area contributed by atoms with E-state index in [1.54, 1.807) is 0 Å². The summed E-state index contributed by atoms with van der Waals surface area (Å²) in [6.45, 7) is 8.07. The Balaban J connectivity index is -0.000000180. The van der Waals surface area contributed by atoms with E-state index in [4.69, 9.17) is 0 Å². The van der Waals surface area contributed by atoms with Crippen molar-refractivity contribution in [3.8, 4) is 0 Å². The van der Waals surface area contributed by atoms with Crippen LogP contribution in [-0.2, 0) is 0 Å². The van der Waals surface area contributed by atoms with Crippen LogP contribution in [0.25, 0.3) is 0 Å². The van der Waals surface area contributed by atoms with Gasteiger partial charge in [-0.3, -0.25) is 0 Å². The predicted octanol–water partition coefficient (Wildman–Crippen LogP) is 4.02. The van der Waals surface area contributed by atoms with E-state index in [1.165, 1.54) is 24.8 Å². The highest BCUT2D eigenvalue weighted by Gasteiger charge is 1.81. The molecule has 0 amide bonds. The van der Waals surface area contributed by atoms with Crippen molar-refractivity contribution < 1.29 is 0 Å². The summed E-state index contributed by atoms with van der Waals surface area (Å²) in [6.07, 6.45) is 3.79. The Morgan fingerprint density at radius 3 is 1.89 bits per heavy atom. The fraction of sp³-hybridized carbons (Fsp3) is 0.778. The first-order chi connectivity index (χ1) is 3.27. The SMILES string of the molecule is C.C.C=C(C)CCCC. The average Bonchev–Trinajstić information content (AvgIpc) is 1.61. The van der Waals surface area contributed by atoms with Crippen molar-refractivity contribution in [2.75, 3.05) is 0 Å². The Morgan fingerprint density at radius 1 is 1.33 bits per heavy atom. The molecular formula is C9H22. The molecule has 0 radical (unpaired) electrons. The van der Waals surface area contributed by atoms with Gasteiger partial charge in [0.1, 0.15) is 0 Å². The number of hydrogen-bond acceptors (Lipinski definition) is 0. The quantitative estimate of drug-likeness (QED) is 0.506. The van der Waals surface area contributed by atoms with Crippen molar-refractivity contribution in [1.29, 1.82) is 0 Å². The maximum absolute atomic E-state index is 3.79. The summed E-state index contributed by atoms with van der Waals surface area (Å²) >= 11 is 0. The fourth-order valence-corrected chi connectivity index (χ4v) is 0.479. The molecule has 0 saturated heterocycles. The number of allylic oxidation sites excluding steroid dienone is 1. The molecular weight excluding hydrogens is 108 g/mol. The van der Waals surface area contributed by atoms with Crippen LogP contribution in [0.15, 0.2) is 12.2 Å². The lowest BCUT2D eigenvalue weighted by molar-refractivity contribution is 0.789. The molecule has 0 N–H and O–H groups in total. The molecule has 0 unspecified atom stereocenters. The maximum Gasteiger partial charge on any atom is -0.0326 e. The lowest BCUT2D eigenvalue weighted by atomic mass is 10.2. The molecule has 0 atom stereocenters. The molecule has 0 spiro atoms. The highest BCUT2D eigenvalue weighted by atomic mass is 13.9. The number of rotatable bonds is 3. The van der Waals surface area contributed by atoms with Gasteiger partial charge in [-0.05, 0) is 19.8 Å². The molecule has 0 aromatic rings. The van der Waals surface area contributed by atoms with E-state index in [-0.39, 0.29) is 14.9 Å². The standard InChI is InChI=1S/C7H14.2CH4/c1-4-5-6-7(2)3;;/h2,4-6H2,1,3H3;2*1H4. The third-order valence-electron chi connectivity index (χ3n) is 0.957. The van der Waals surface area contributed by atoms with E-state index < -0.39 is 0 Å². The van der Waals surface area contributed by atoms with Crippen molar-refractivity contribution in [3.05, 3.63) is 12.2 Å². The van der Waals surface area contributed by atoms with Crippen molar-refractivity contribution in [1.82, 2.24) is 0 Å². The molecule has 0 saturated carbocycles. The highest BCUT2D eigenvalue weighted by Crippen LogP contribution is 2.01. The van der Waals surface area contributed by atoms with Crippen LogP contribution in [-0.4, -0.2) is 0 Å². The molecule has 0 heterocycles. The zero-order valence-electron chi connectivity index (χ0n) is 5.33. The molecule has 58 valence electrons. The topological polar surface area (TPSA) is 0 Å². The fourth-order valence-electron chi connectivity index (χ4n) is 0.479. The van der Waals surface area contributed by atoms with Gasteiger partial charge in [0.2, 0.25) is 0 Å². The van der Waals surface area contributed by atoms with Crippen LogP contribution < -0.4 is 0 Å². The molecule has 0 heteroatoms. The summed E-state index contributed by atoms with van der Waals surface area (Å²) < 4.78 is 0. The smallest absolute Gasteiger partial charge is 0.0326 e. The third kappa shape index (κ3) is 18.2. The Bertz CT molecular complexity index is 53.1. The second-order valence-corrected chi connectivity index (χ2v) is 2.06. The van der Waals surface area contributed by atoms with Gasteiger partial charge in [0.25, 0.3) is 0 Å². The first-order valence-electron chi connectivity index (χ1n) is 2.91. The Kier molecular flexibility index (Phi) is 18.8. The van der Waals surface area contributed by atoms with Crippen molar-refractivity contribution >= 4 is 0 Å². The summed E-state index contributed by atoms with van der Waals surface area (Å²) in [7, 11) is 0. The van der Waals surface area contributed by atoms with Gasteiger partial charge in [-0.25, -0.2) is 0 Å². The molecule has 0 aliphatic heterocycles. The monoisotopic (exact) mass is 130 g/mol. The molecule has 0 fully saturated rings. The van der Waals surface area contributed by atoms with Gasteiger partial charge in [-0.15, -0.1) is 6.58 Å². The summed E-state index contributed by atoms with van der Waals surface area (Å²) in [5.41, 5.74) is 1.31. The first-order valence-corrected chi connectivity index (χ1v) is 2.91. The van der Waals surface area contributed by atoms with E-state index in [1.807, 2.05) is 0 Å². The van der Waals surface area contributed by atoms with Crippen LogP contribution in [0, 0.1) is 0 Å². The van der Waals surface area contributed by atoms with Crippen LogP contribution >= 0.6 is 0 Å². The molecule has 0 aliphatic carbocycles. The second kappa shape index (κ2) is 10.7. The Labute approximate surface area is 61.0 Å². The summed E-state index contributed by atoms with van der Waals surface area (Å²) in [4.78, 5) is 0. The minimum absolute atomic E-state index is 0. The largest absolute Gasteiger partial charge is 0.100 e. The van der Waals surface area contributed by atoms with E-state index >= 15 is 0 Å². The maximum atomic E-state index is 3.79. The van der Waals surface area contributed by atoms with Gasteiger partial charge in [-0.1, -0.05) is 33.8 Å². The minimum Gasteiger partial charge on any atom is -0.100 e. The average molecular weight is 130 g/mol. The van der Waals surface area contributed by atoms with E-state index in [0.717, 1.165) is 0 Å². The molecule has 0 aliphatic rings. The van der Waals surface area contributed by atoms with Crippen molar-refractivity contribution in [2.24, 2.45) is 0 Å². The Morgan fingerprint density at radius 2 is 1.78 bits per heavy atom. The number of unbranched alkanes of at least 4 members (excludes halogenated alkanes) is 1. The van der Waals surface area contributed by atoms with Gasteiger partial charge in [0.15, 0.2) is 0 Å². The van der Waals surface area contributed by atoms with Gasteiger partial charge < -0.3 is 0 Å². The van der Waals surface area contributed by atoms with Gasteiger partial charge >= 0.3 is 0 Å². The zero-order chi connectivity index (χ0) is 5.70. The van der Waals surface area contributed by atoms with Crippen LogP contribution in [0.1, 0.15) is 48.0 Å². The molecule has 0 nitrogen and oxygen atoms in total. The van der Waals surface area contributed by atoms with Gasteiger partial charge in [0.05, 0.1) is 0 Å². The Hall–Kier alpha value is -0.260. The normalized spacial score (nSPS) is 6.89. The molecule has 0 aromatic carbocycles. The third-order valence-corrected chi connectivity index (χ3v) is 0.957. The summed E-state index contributed by atoms with van der Waals surface area (Å²) in [5, 5.41) is 0. The molecule has 9 heavy (non-hydrogen) atoms. The minimum atomic E-state index is 0. The molecule has 0 rings (SSSR count). The lowest BCUT2D eigenvalue weighted by Crippen LogP contribution is -1.71. The van der Waals surface area contributed by atoms with E-state index in [0.29, 0.717) is 0 Å². The van der Waals surface area contributed by atoms with Crippen molar-refractivity contribution in [2.45, 2.75) is 48.0 Å². The number of hydrogen-bond donors (Lipinski definition) is 0. The van der Waals surface area contributed by atoms with Crippen LogP contribution in [0.4, 0.5) is 0 Å². The van der Waals surface area contributed by atoms with Gasteiger partial charge in [0, 0.05) is 0 Å². The van der Waals surface area contributed by atoms with Crippen molar-refractivity contribution in [3.63, 3.8) is 0 Å². The molecule has 0 aromatic heterocycles. The first kappa shape index (κ1) is 15.9. The van der Waals surface area contributed by atoms with E-state index in [2.05, 4.69) is 20.4 Å². The van der Waals surface area contributed by atoms with Crippen LogP contribution in [0.2, 0.25) is 0 Å². The summed E-state index contributed by atoms with van der Waals surface area (Å²) in [5.74, 6) is 0. The molecule has 0 bridgehead atoms.